The molecule has 0 amide bonds. The number of alkyl halides is 2. The van der Waals surface area contributed by atoms with E-state index in [1.807, 2.05) is 0 Å². The monoisotopic (exact) mass is 582 g/mol. The number of halogens is 3. The molecule has 13 heteroatoms. The first-order chi connectivity index (χ1) is 19.6. The molecule has 0 aliphatic heterocycles. The van der Waals surface area contributed by atoms with Crippen LogP contribution in [0, 0.1) is 12.7 Å². The predicted molar refractivity (Wildman–Crippen MR) is 146 cm³/mol. The Labute approximate surface area is 231 Å². The number of pyridine rings is 1. The highest BCUT2D eigenvalue weighted by Gasteiger charge is 2.20. The van der Waals surface area contributed by atoms with Crippen LogP contribution < -0.4 is 19.8 Å². The molecule has 0 aliphatic rings. The number of benzene rings is 3. The number of anilines is 1. The van der Waals surface area contributed by atoms with E-state index in [2.05, 4.69) is 19.4 Å². The van der Waals surface area contributed by atoms with Crippen molar-refractivity contribution in [1.82, 2.24) is 14.5 Å². The normalized spacial score (nSPS) is 11.6. The second kappa shape index (κ2) is 10.9. The van der Waals surface area contributed by atoms with Crippen molar-refractivity contribution in [3.8, 4) is 28.3 Å². The first kappa shape index (κ1) is 27.6. The fourth-order valence-electron chi connectivity index (χ4n) is 4.29. The van der Waals surface area contributed by atoms with Crippen LogP contribution in [0.25, 0.3) is 27.7 Å². The molecule has 0 bridgehead atoms. The zero-order valence-corrected chi connectivity index (χ0v) is 22.3. The summed E-state index contributed by atoms with van der Waals surface area (Å²) in [6.07, 6.45) is 1.42. The minimum atomic E-state index is -4.05. The summed E-state index contributed by atoms with van der Waals surface area (Å²) < 4.78 is 80.3. The number of sulfonamides is 1. The maximum absolute atomic E-state index is 15.5. The van der Waals surface area contributed by atoms with Gasteiger partial charge in [0.15, 0.2) is 0 Å². The summed E-state index contributed by atoms with van der Waals surface area (Å²) in [5.41, 5.74) is 0.0807. The molecular weight excluding hydrogens is 561 g/mol. The van der Waals surface area contributed by atoms with Gasteiger partial charge in [-0.3, -0.25) is 14.1 Å². The van der Waals surface area contributed by atoms with Crippen LogP contribution in [-0.4, -0.2) is 36.7 Å². The number of hydrogen-bond donors (Lipinski definition) is 1. The number of rotatable bonds is 8. The third kappa shape index (κ3) is 5.70. The molecule has 5 aromatic rings. The summed E-state index contributed by atoms with van der Waals surface area (Å²) >= 11 is 0. The van der Waals surface area contributed by atoms with Gasteiger partial charge in [0.25, 0.3) is 15.6 Å². The largest absolute Gasteiger partial charge is 0.495 e. The average Bonchev–Trinajstić information content (AvgIpc) is 2.92. The van der Waals surface area contributed by atoms with E-state index < -0.39 is 28.0 Å². The Morgan fingerprint density at radius 1 is 1.00 bits per heavy atom. The zero-order chi connectivity index (χ0) is 29.3. The molecule has 41 heavy (non-hydrogen) atoms. The highest BCUT2D eigenvalue weighted by atomic mass is 32.2. The van der Waals surface area contributed by atoms with Crippen molar-refractivity contribution in [3.05, 3.63) is 101 Å². The smallest absolute Gasteiger partial charge is 0.387 e. The molecule has 2 heterocycles. The van der Waals surface area contributed by atoms with Crippen LogP contribution in [0.15, 0.2) is 88.7 Å². The minimum Gasteiger partial charge on any atom is -0.495 e. The highest BCUT2D eigenvalue weighted by molar-refractivity contribution is 7.92. The van der Waals surface area contributed by atoms with Gasteiger partial charge in [-0.1, -0.05) is 12.1 Å². The van der Waals surface area contributed by atoms with Gasteiger partial charge in [0.2, 0.25) is 0 Å². The summed E-state index contributed by atoms with van der Waals surface area (Å²) in [6.45, 7) is -1.43. The number of nitrogens with one attached hydrogen (secondary N) is 1. The van der Waals surface area contributed by atoms with Crippen molar-refractivity contribution >= 4 is 26.7 Å². The van der Waals surface area contributed by atoms with Crippen LogP contribution in [0.4, 0.5) is 19.0 Å². The number of ether oxygens (including phenoxy) is 2. The Bertz CT molecular complexity index is 1950. The Morgan fingerprint density at radius 2 is 1.80 bits per heavy atom. The molecule has 0 unspecified atom stereocenters. The molecule has 3 aromatic carbocycles. The van der Waals surface area contributed by atoms with E-state index in [1.165, 1.54) is 84.6 Å². The molecule has 0 saturated carbocycles. The van der Waals surface area contributed by atoms with E-state index in [1.54, 1.807) is 6.92 Å². The second-order valence-corrected chi connectivity index (χ2v) is 10.4. The van der Waals surface area contributed by atoms with E-state index in [9.17, 15) is 22.0 Å². The van der Waals surface area contributed by atoms with Crippen molar-refractivity contribution < 1.29 is 31.1 Å². The lowest BCUT2D eigenvalue weighted by Crippen LogP contribution is -2.19. The molecule has 9 nitrogen and oxygen atoms in total. The van der Waals surface area contributed by atoms with Gasteiger partial charge in [0.05, 0.1) is 23.2 Å². The lowest BCUT2D eigenvalue weighted by molar-refractivity contribution is -0.0498. The summed E-state index contributed by atoms with van der Waals surface area (Å²) in [4.78, 5) is 20.9. The SMILES string of the molecule is COc1cc(-c2cccc(OC(F)F)c2)c(F)cc1-n1c(=O)ccc2cc(S(=O)(=O)Nc3ccnc(C)n3)ccc21. The molecule has 0 aliphatic carbocycles. The summed E-state index contributed by atoms with van der Waals surface area (Å²) in [6, 6.07) is 16.1. The van der Waals surface area contributed by atoms with Gasteiger partial charge in [-0.05, 0) is 61.0 Å². The molecule has 0 radical (unpaired) electrons. The van der Waals surface area contributed by atoms with Crippen molar-refractivity contribution in [1.29, 1.82) is 0 Å². The maximum atomic E-state index is 15.5. The molecule has 2 aromatic heterocycles. The van der Waals surface area contributed by atoms with Crippen LogP contribution >= 0.6 is 0 Å². The first-order valence-electron chi connectivity index (χ1n) is 12.0. The Kier molecular flexibility index (Phi) is 7.37. The van der Waals surface area contributed by atoms with E-state index in [4.69, 9.17) is 4.74 Å². The van der Waals surface area contributed by atoms with Crippen LogP contribution in [0.3, 0.4) is 0 Å². The van der Waals surface area contributed by atoms with Gasteiger partial charge in [-0.2, -0.15) is 8.78 Å². The Morgan fingerprint density at radius 3 is 2.54 bits per heavy atom. The Balaban J connectivity index is 1.59. The zero-order valence-electron chi connectivity index (χ0n) is 21.5. The van der Waals surface area contributed by atoms with Crippen molar-refractivity contribution in [2.45, 2.75) is 18.4 Å². The average molecular weight is 583 g/mol. The van der Waals surface area contributed by atoms with Crippen LogP contribution in [0.2, 0.25) is 0 Å². The molecule has 5 rings (SSSR count). The highest BCUT2D eigenvalue weighted by Crippen LogP contribution is 2.35. The predicted octanol–water partition coefficient (Wildman–Crippen LogP) is 5.31. The number of aryl methyl sites for hydroxylation is 1. The Hall–Kier alpha value is -4.91. The van der Waals surface area contributed by atoms with Crippen LogP contribution in [0.1, 0.15) is 5.82 Å². The molecule has 210 valence electrons. The summed E-state index contributed by atoms with van der Waals surface area (Å²) in [7, 11) is -2.71. The topological polar surface area (TPSA) is 112 Å². The van der Waals surface area contributed by atoms with Gasteiger partial charge >= 0.3 is 6.61 Å². The van der Waals surface area contributed by atoms with E-state index in [-0.39, 0.29) is 44.5 Å². The van der Waals surface area contributed by atoms with Gasteiger partial charge in [-0.25, -0.2) is 22.8 Å². The lowest BCUT2D eigenvalue weighted by Gasteiger charge is -2.17. The number of nitrogens with zero attached hydrogens (tertiary/aromatic N) is 3. The molecule has 0 fully saturated rings. The third-order valence-electron chi connectivity index (χ3n) is 6.07. The first-order valence-corrected chi connectivity index (χ1v) is 13.5. The van der Waals surface area contributed by atoms with Gasteiger partial charge < -0.3 is 9.47 Å². The molecule has 0 spiro atoms. The van der Waals surface area contributed by atoms with Crippen molar-refractivity contribution in [2.24, 2.45) is 0 Å². The fraction of sp³-hybridized carbons (Fsp3) is 0.107. The molecule has 1 N–H and O–H groups in total. The lowest BCUT2D eigenvalue weighted by atomic mass is 10.0. The number of hydrogen-bond acceptors (Lipinski definition) is 7. The third-order valence-corrected chi connectivity index (χ3v) is 7.42. The summed E-state index contributed by atoms with van der Waals surface area (Å²) in [5.74, 6) is -0.334. The molecular formula is C28H21F3N4O5S. The van der Waals surface area contributed by atoms with E-state index in [0.717, 1.165) is 6.07 Å². The fourth-order valence-corrected chi connectivity index (χ4v) is 5.33. The van der Waals surface area contributed by atoms with Gasteiger partial charge in [-0.15, -0.1) is 0 Å². The molecule has 0 saturated heterocycles. The van der Waals surface area contributed by atoms with Gasteiger partial charge in [0.1, 0.15) is 29.0 Å². The van der Waals surface area contributed by atoms with Crippen molar-refractivity contribution in [2.75, 3.05) is 11.8 Å². The second-order valence-electron chi connectivity index (χ2n) is 8.73. The number of fused-ring (bicyclic) bond motifs is 1. The van der Waals surface area contributed by atoms with Crippen LogP contribution in [0.5, 0.6) is 11.5 Å². The van der Waals surface area contributed by atoms with Crippen molar-refractivity contribution in [3.63, 3.8) is 0 Å². The minimum absolute atomic E-state index is 0.0259. The number of methoxy groups -OCH3 is 1. The number of aromatic nitrogens is 3. The van der Waals surface area contributed by atoms with Gasteiger partial charge in [0, 0.05) is 29.3 Å². The molecule has 0 atom stereocenters. The quantitative estimate of drug-likeness (QED) is 0.264. The summed E-state index contributed by atoms with van der Waals surface area (Å²) in [5, 5.41) is 0.370. The van der Waals surface area contributed by atoms with Crippen LogP contribution in [-0.2, 0) is 10.0 Å². The standard InChI is InChI=1S/C28H21F3N4O5S/c1-16-32-11-10-26(33-16)34-41(37,38)20-7-8-23-18(13-20)6-9-27(36)35(23)24-15-22(29)21(14-25(24)39-2)17-4-3-5-19(12-17)40-28(30)31/h3-15,28H,1-2H3,(H,32,33,34). The maximum Gasteiger partial charge on any atom is 0.387 e. The van der Waals surface area contributed by atoms with E-state index >= 15 is 4.39 Å². The van der Waals surface area contributed by atoms with E-state index in [0.29, 0.717) is 11.2 Å².